The maximum atomic E-state index is 12.8. The number of hydrogen-bond acceptors (Lipinski definition) is 4. The van der Waals surface area contributed by atoms with Crippen LogP contribution in [0.1, 0.15) is 28.8 Å². The lowest BCUT2D eigenvalue weighted by molar-refractivity contribution is -0.130. The van der Waals surface area contributed by atoms with E-state index in [0.717, 1.165) is 9.87 Å². The summed E-state index contributed by atoms with van der Waals surface area (Å²) in [5.74, 6) is -0.986. The molecule has 26 heavy (non-hydrogen) atoms. The molecule has 1 aliphatic heterocycles. The quantitative estimate of drug-likeness (QED) is 0.891. The van der Waals surface area contributed by atoms with Crippen molar-refractivity contribution in [1.82, 2.24) is 9.62 Å². The second-order valence-corrected chi connectivity index (χ2v) is 8.13. The van der Waals surface area contributed by atoms with Crippen molar-refractivity contribution in [3.63, 3.8) is 0 Å². The van der Waals surface area contributed by atoms with Gasteiger partial charge < -0.3 is 5.32 Å². The van der Waals surface area contributed by atoms with Crippen LogP contribution >= 0.6 is 0 Å². The van der Waals surface area contributed by atoms with Gasteiger partial charge in [0.25, 0.3) is 21.8 Å². The van der Waals surface area contributed by atoms with Crippen LogP contribution in [0.4, 0.5) is 0 Å². The molecule has 2 aromatic carbocycles. The highest BCUT2D eigenvalue weighted by atomic mass is 32.2. The van der Waals surface area contributed by atoms with Crippen molar-refractivity contribution in [2.24, 2.45) is 0 Å². The number of piperidine rings is 1. The topological polar surface area (TPSA) is 83.6 Å². The predicted molar refractivity (Wildman–Crippen MR) is 97.0 cm³/mol. The molecule has 2 amide bonds. The smallest absolute Gasteiger partial charge is 0.266 e. The molecule has 136 valence electrons. The number of sulfonamides is 1. The van der Waals surface area contributed by atoms with Crippen molar-refractivity contribution in [2.75, 3.05) is 6.54 Å². The van der Waals surface area contributed by atoms with E-state index in [4.69, 9.17) is 0 Å². The minimum Gasteiger partial charge on any atom is -0.340 e. The molecule has 0 saturated carbocycles. The van der Waals surface area contributed by atoms with E-state index in [9.17, 15) is 18.0 Å². The Balaban J connectivity index is 1.79. The van der Waals surface area contributed by atoms with Crippen molar-refractivity contribution in [1.29, 1.82) is 0 Å². The highest BCUT2D eigenvalue weighted by Crippen LogP contribution is 2.22. The number of nitrogens with one attached hydrogen (secondary N) is 1. The molecule has 7 heteroatoms. The fourth-order valence-electron chi connectivity index (χ4n) is 2.89. The third-order valence-electron chi connectivity index (χ3n) is 4.35. The number of hydrogen-bond donors (Lipinski definition) is 1. The number of carbonyl (C=O) groups is 2. The largest absolute Gasteiger partial charge is 0.340 e. The molecule has 0 radical (unpaired) electrons. The number of carbonyl (C=O) groups excluding carboxylic acids is 2. The zero-order valence-electron chi connectivity index (χ0n) is 14.4. The molecule has 0 aliphatic carbocycles. The minimum atomic E-state index is -3.93. The fourth-order valence-corrected chi connectivity index (χ4v) is 4.36. The van der Waals surface area contributed by atoms with Crippen molar-refractivity contribution >= 4 is 21.8 Å². The molecule has 1 heterocycles. The molecule has 1 aliphatic rings. The van der Waals surface area contributed by atoms with Crippen molar-refractivity contribution in [3.05, 3.63) is 65.7 Å². The first-order chi connectivity index (χ1) is 12.4. The Morgan fingerprint density at radius 2 is 1.73 bits per heavy atom. The summed E-state index contributed by atoms with van der Waals surface area (Å²) in [4.78, 5) is 25.1. The standard InChI is InChI=1S/C19H20N2O4S/c1-14-9-11-16(12-10-14)26(24,25)21-13-5-8-17(19(21)23)20-18(22)15-6-3-2-4-7-15/h2-4,6-7,9-12,17H,5,8,13H2,1H3,(H,20,22). The highest BCUT2D eigenvalue weighted by Gasteiger charge is 2.37. The zero-order valence-corrected chi connectivity index (χ0v) is 15.2. The lowest BCUT2D eigenvalue weighted by Crippen LogP contribution is -2.53. The molecule has 1 saturated heterocycles. The Labute approximate surface area is 152 Å². The average molecular weight is 372 g/mol. The third kappa shape index (κ3) is 3.62. The second-order valence-electron chi connectivity index (χ2n) is 6.26. The van der Waals surface area contributed by atoms with Crippen LogP contribution in [0.3, 0.4) is 0 Å². The van der Waals surface area contributed by atoms with Gasteiger partial charge >= 0.3 is 0 Å². The third-order valence-corrected chi connectivity index (χ3v) is 6.16. The average Bonchev–Trinajstić information content (AvgIpc) is 2.64. The molecule has 1 N–H and O–H groups in total. The van der Waals surface area contributed by atoms with Crippen LogP contribution in [-0.2, 0) is 14.8 Å². The Morgan fingerprint density at radius 1 is 1.08 bits per heavy atom. The molecular weight excluding hydrogens is 352 g/mol. The summed E-state index contributed by atoms with van der Waals surface area (Å²) in [6.07, 6.45) is 0.911. The van der Waals surface area contributed by atoms with Crippen molar-refractivity contribution < 1.29 is 18.0 Å². The number of benzene rings is 2. The second kappa shape index (κ2) is 7.29. The van der Waals surface area contributed by atoms with E-state index in [1.807, 2.05) is 6.92 Å². The molecule has 3 rings (SSSR count). The minimum absolute atomic E-state index is 0.0754. The van der Waals surface area contributed by atoms with Gasteiger partial charge in [-0.2, -0.15) is 0 Å². The highest BCUT2D eigenvalue weighted by molar-refractivity contribution is 7.89. The first-order valence-electron chi connectivity index (χ1n) is 8.39. The van der Waals surface area contributed by atoms with Gasteiger partial charge in [-0.3, -0.25) is 9.59 Å². The van der Waals surface area contributed by atoms with Gasteiger partial charge in [0.1, 0.15) is 6.04 Å². The van der Waals surface area contributed by atoms with Gasteiger partial charge in [-0.05, 0) is 44.0 Å². The number of nitrogens with zero attached hydrogens (tertiary/aromatic N) is 1. The Morgan fingerprint density at radius 3 is 2.38 bits per heavy atom. The summed E-state index contributed by atoms with van der Waals surface area (Å²) >= 11 is 0. The van der Waals surface area contributed by atoms with Crippen LogP contribution in [0.5, 0.6) is 0 Å². The van der Waals surface area contributed by atoms with Gasteiger partial charge in [0.2, 0.25) is 0 Å². The van der Waals surface area contributed by atoms with E-state index in [2.05, 4.69) is 5.32 Å². The first-order valence-corrected chi connectivity index (χ1v) is 9.83. The lowest BCUT2D eigenvalue weighted by Gasteiger charge is -2.31. The van der Waals surface area contributed by atoms with Crippen molar-refractivity contribution in [2.45, 2.75) is 30.7 Å². The number of rotatable bonds is 4. The maximum Gasteiger partial charge on any atom is 0.266 e. The molecule has 2 aromatic rings. The first kappa shape index (κ1) is 18.1. The molecule has 1 atom stereocenters. The predicted octanol–water partition coefficient (Wildman–Crippen LogP) is 2.10. The van der Waals surface area contributed by atoms with E-state index in [1.54, 1.807) is 42.5 Å². The molecule has 1 unspecified atom stereocenters. The SMILES string of the molecule is Cc1ccc(S(=O)(=O)N2CCCC(NC(=O)c3ccccc3)C2=O)cc1. The molecule has 0 bridgehead atoms. The monoisotopic (exact) mass is 372 g/mol. The van der Waals surface area contributed by atoms with Crippen LogP contribution in [0.15, 0.2) is 59.5 Å². The Hall–Kier alpha value is -2.67. The summed E-state index contributed by atoms with van der Waals surface area (Å²) in [6.45, 7) is 1.98. The summed E-state index contributed by atoms with van der Waals surface area (Å²) in [6, 6.07) is 14.0. The van der Waals surface area contributed by atoms with Gasteiger partial charge in [0.05, 0.1) is 4.90 Å². The zero-order chi connectivity index (χ0) is 18.7. The van der Waals surface area contributed by atoms with E-state index < -0.39 is 27.9 Å². The van der Waals surface area contributed by atoms with E-state index in [1.165, 1.54) is 12.1 Å². The Bertz CT molecular complexity index is 908. The normalized spacial score (nSPS) is 17.8. The summed E-state index contributed by atoms with van der Waals surface area (Å²) < 4.78 is 26.5. The molecule has 6 nitrogen and oxygen atoms in total. The van der Waals surface area contributed by atoms with Crippen LogP contribution in [0.25, 0.3) is 0 Å². The van der Waals surface area contributed by atoms with E-state index in [-0.39, 0.29) is 11.4 Å². The number of amides is 2. The van der Waals surface area contributed by atoms with Crippen molar-refractivity contribution in [3.8, 4) is 0 Å². The molecule has 0 spiro atoms. The van der Waals surface area contributed by atoms with E-state index in [0.29, 0.717) is 18.4 Å². The van der Waals surface area contributed by atoms with Gasteiger partial charge in [-0.15, -0.1) is 0 Å². The van der Waals surface area contributed by atoms with Crippen LogP contribution in [-0.4, -0.2) is 37.1 Å². The van der Waals surface area contributed by atoms with Gasteiger partial charge in [0, 0.05) is 12.1 Å². The Kier molecular flexibility index (Phi) is 5.08. The number of aryl methyl sites for hydroxylation is 1. The van der Waals surface area contributed by atoms with E-state index >= 15 is 0 Å². The summed E-state index contributed by atoms with van der Waals surface area (Å²) in [5.41, 5.74) is 1.36. The van der Waals surface area contributed by atoms with Crippen LogP contribution in [0.2, 0.25) is 0 Å². The maximum absolute atomic E-state index is 12.8. The molecule has 1 fully saturated rings. The molecular formula is C19H20N2O4S. The fraction of sp³-hybridized carbons (Fsp3) is 0.263. The van der Waals surface area contributed by atoms with Gasteiger partial charge in [0.15, 0.2) is 0 Å². The summed E-state index contributed by atoms with van der Waals surface area (Å²) in [5, 5.41) is 2.65. The van der Waals surface area contributed by atoms with Gasteiger partial charge in [-0.25, -0.2) is 12.7 Å². The van der Waals surface area contributed by atoms with Gasteiger partial charge in [-0.1, -0.05) is 35.9 Å². The van der Waals surface area contributed by atoms with Crippen LogP contribution < -0.4 is 5.32 Å². The lowest BCUT2D eigenvalue weighted by atomic mass is 10.1. The summed E-state index contributed by atoms with van der Waals surface area (Å²) in [7, 11) is -3.93. The molecule has 0 aromatic heterocycles. The van der Waals surface area contributed by atoms with Crippen LogP contribution in [0, 0.1) is 6.92 Å².